The van der Waals surface area contributed by atoms with Crippen LogP contribution in [0.5, 0.6) is 0 Å². The molecule has 2 rings (SSSR count). The summed E-state index contributed by atoms with van der Waals surface area (Å²) >= 11 is 1.87. The van der Waals surface area contributed by atoms with Crippen molar-refractivity contribution in [2.45, 2.75) is 30.4 Å². The normalized spacial score (nSPS) is 20.8. The van der Waals surface area contributed by atoms with Crippen molar-refractivity contribution < 1.29 is 8.42 Å². The van der Waals surface area contributed by atoms with Crippen LogP contribution in [0.4, 0.5) is 5.69 Å². The second-order valence-corrected chi connectivity index (χ2v) is 8.16. The second kappa shape index (κ2) is 6.83. The Hall–Kier alpha value is -0.720. The first-order chi connectivity index (χ1) is 9.57. The molecule has 0 spiro atoms. The number of sulfonamides is 1. The Morgan fingerprint density at radius 2 is 2.00 bits per heavy atom. The van der Waals surface area contributed by atoms with Gasteiger partial charge in [0.25, 0.3) is 0 Å². The SMILES string of the molecule is CCNc1ccc(S(=O)(=O)N2CCSC(CC)C2)cc1. The van der Waals surface area contributed by atoms with E-state index in [-0.39, 0.29) is 0 Å². The van der Waals surface area contributed by atoms with E-state index in [0.29, 0.717) is 23.2 Å². The number of hydrogen-bond donors (Lipinski definition) is 1. The molecule has 1 N–H and O–H groups in total. The Bertz CT molecular complexity index is 529. The van der Waals surface area contributed by atoms with Gasteiger partial charge < -0.3 is 5.32 Å². The highest BCUT2D eigenvalue weighted by Gasteiger charge is 2.29. The van der Waals surface area contributed by atoms with E-state index >= 15 is 0 Å². The van der Waals surface area contributed by atoms with Crippen LogP contribution in [0.15, 0.2) is 29.2 Å². The van der Waals surface area contributed by atoms with E-state index in [1.165, 1.54) is 0 Å². The quantitative estimate of drug-likeness (QED) is 0.908. The monoisotopic (exact) mass is 314 g/mol. The highest BCUT2D eigenvalue weighted by atomic mass is 32.2. The van der Waals surface area contributed by atoms with Crippen molar-refractivity contribution in [2.24, 2.45) is 0 Å². The summed E-state index contributed by atoms with van der Waals surface area (Å²) in [5.41, 5.74) is 0.951. The van der Waals surface area contributed by atoms with Crippen LogP contribution in [-0.4, -0.2) is 43.4 Å². The Labute approximate surface area is 126 Å². The lowest BCUT2D eigenvalue weighted by atomic mass is 10.3. The zero-order chi connectivity index (χ0) is 14.6. The van der Waals surface area contributed by atoms with Crippen molar-refractivity contribution in [2.75, 3.05) is 30.7 Å². The summed E-state index contributed by atoms with van der Waals surface area (Å²) in [4.78, 5) is 0.390. The minimum Gasteiger partial charge on any atom is -0.385 e. The smallest absolute Gasteiger partial charge is 0.243 e. The second-order valence-electron chi connectivity index (χ2n) is 4.82. The summed E-state index contributed by atoms with van der Waals surface area (Å²) in [6.07, 6.45) is 1.01. The molecule has 1 unspecified atom stereocenters. The molecule has 1 atom stereocenters. The van der Waals surface area contributed by atoms with E-state index in [1.54, 1.807) is 16.4 Å². The third-order valence-corrected chi connectivity index (χ3v) is 6.68. The van der Waals surface area contributed by atoms with Gasteiger partial charge in [-0.3, -0.25) is 0 Å². The number of nitrogens with zero attached hydrogens (tertiary/aromatic N) is 1. The molecule has 20 heavy (non-hydrogen) atoms. The third kappa shape index (κ3) is 3.48. The largest absolute Gasteiger partial charge is 0.385 e. The van der Waals surface area contributed by atoms with Crippen LogP contribution in [0.3, 0.4) is 0 Å². The lowest BCUT2D eigenvalue weighted by Crippen LogP contribution is -2.41. The average molecular weight is 314 g/mol. The molecule has 0 radical (unpaired) electrons. The van der Waals surface area contributed by atoms with Gasteiger partial charge in [0.05, 0.1) is 4.90 Å². The van der Waals surface area contributed by atoms with Crippen LogP contribution in [-0.2, 0) is 10.0 Å². The molecular weight excluding hydrogens is 292 g/mol. The van der Waals surface area contributed by atoms with Gasteiger partial charge in [-0.1, -0.05) is 6.92 Å². The Morgan fingerprint density at radius 3 is 2.60 bits per heavy atom. The van der Waals surface area contributed by atoms with Crippen molar-refractivity contribution in [3.05, 3.63) is 24.3 Å². The summed E-state index contributed by atoms with van der Waals surface area (Å²) in [6, 6.07) is 7.03. The van der Waals surface area contributed by atoms with Gasteiger partial charge in [-0.2, -0.15) is 16.1 Å². The molecule has 1 aliphatic rings. The van der Waals surface area contributed by atoms with Crippen LogP contribution >= 0.6 is 11.8 Å². The maximum atomic E-state index is 12.6. The summed E-state index contributed by atoms with van der Waals surface area (Å²) in [7, 11) is -3.34. The van der Waals surface area contributed by atoms with E-state index < -0.39 is 10.0 Å². The highest BCUT2D eigenvalue weighted by Crippen LogP contribution is 2.26. The van der Waals surface area contributed by atoms with E-state index in [4.69, 9.17) is 0 Å². The molecule has 0 saturated carbocycles. The van der Waals surface area contributed by atoms with E-state index in [2.05, 4.69) is 12.2 Å². The first-order valence-corrected chi connectivity index (χ1v) is 9.52. The first kappa shape index (κ1) is 15.7. The molecule has 112 valence electrons. The zero-order valence-corrected chi connectivity index (χ0v) is 13.6. The molecule has 1 saturated heterocycles. The van der Waals surface area contributed by atoms with Gasteiger partial charge in [0.2, 0.25) is 10.0 Å². The number of rotatable bonds is 5. The molecule has 0 amide bonds. The molecular formula is C14H22N2O2S2. The van der Waals surface area contributed by atoms with Gasteiger partial charge in [-0.15, -0.1) is 0 Å². The Morgan fingerprint density at radius 1 is 1.30 bits per heavy atom. The van der Waals surface area contributed by atoms with Crippen molar-refractivity contribution in [3.8, 4) is 0 Å². The molecule has 1 heterocycles. The van der Waals surface area contributed by atoms with Crippen LogP contribution in [0.2, 0.25) is 0 Å². The molecule has 0 aromatic heterocycles. The summed E-state index contributed by atoms with van der Waals surface area (Å²) < 4.78 is 26.9. The maximum Gasteiger partial charge on any atom is 0.243 e. The molecule has 0 bridgehead atoms. The topological polar surface area (TPSA) is 49.4 Å². The lowest BCUT2D eigenvalue weighted by Gasteiger charge is -2.31. The lowest BCUT2D eigenvalue weighted by molar-refractivity contribution is 0.416. The van der Waals surface area contributed by atoms with Gasteiger partial charge in [0.1, 0.15) is 0 Å². The van der Waals surface area contributed by atoms with Crippen LogP contribution in [0.1, 0.15) is 20.3 Å². The van der Waals surface area contributed by atoms with Crippen molar-refractivity contribution in [1.82, 2.24) is 4.31 Å². The van der Waals surface area contributed by atoms with Gasteiger partial charge in [0, 0.05) is 36.3 Å². The Kier molecular flexibility index (Phi) is 5.35. The molecule has 4 nitrogen and oxygen atoms in total. The van der Waals surface area contributed by atoms with Crippen LogP contribution in [0.25, 0.3) is 0 Å². The molecule has 1 aromatic carbocycles. The van der Waals surface area contributed by atoms with Gasteiger partial charge in [0.15, 0.2) is 0 Å². The summed E-state index contributed by atoms with van der Waals surface area (Å²) in [5, 5.41) is 3.59. The van der Waals surface area contributed by atoms with E-state index in [1.807, 2.05) is 30.8 Å². The fourth-order valence-electron chi connectivity index (χ4n) is 2.26. The highest BCUT2D eigenvalue weighted by molar-refractivity contribution is 8.00. The fourth-order valence-corrected chi connectivity index (χ4v) is 5.13. The predicted molar refractivity (Wildman–Crippen MR) is 85.9 cm³/mol. The number of anilines is 1. The minimum absolute atomic E-state index is 0.390. The van der Waals surface area contributed by atoms with Crippen LogP contribution < -0.4 is 5.32 Å². The van der Waals surface area contributed by atoms with Gasteiger partial charge >= 0.3 is 0 Å². The summed E-state index contributed by atoms with van der Waals surface area (Å²) in [6.45, 7) is 6.19. The van der Waals surface area contributed by atoms with Crippen molar-refractivity contribution >= 4 is 27.5 Å². The fraction of sp³-hybridized carbons (Fsp3) is 0.571. The number of benzene rings is 1. The maximum absolute atomic E-state index is 12.6. The zero-order valence-electron chi connectivity index (χ0n) is 12.0. The van der Waals surface area contributed by atoms with E-state index in [9.17, 15) is 8.42 Å². The molecule has 6 heteroatoms. The standard InChI is InChI=1S/C14H22N2O2S2/c1-3-13-11-16(9-10-19-13)20(17,18)14-7-5-12(6-8-14)15-4-2/h5-8,13,15H,3-4,9-11H2,1-2H3. The molecule has 1 fully saturated rings. The third-order valence-electron chi connectivity index (χ3n) is 3.43. The number of hydrogen-bond acceptors (Lipinski definition) is 4. The first-order valence-electron chi connectivity index (χ1n) is 7.03. The molecule has 1 aliphatic heterocycles. The van der Waals surface area contributed by atoms with Crippen molar-refractivity contribution in [3.63, 3.8) is 0 Å². The molecule has 0 aliphatic carbocycles. The Balaban J connectivity index is 2.16. The summed E-state index contributed by atoms with van der Waals surface area (Å²) in [5.74, 6) is 0.882. The van der Waals surface area contributed by atoms with Crippen LogP contribution in [0, 0.1) is 0 Å². The minimum atomic E-state index is -3.34. The van der Waals surface area contributed by atoms with Crippen molar-refractivity contribution in [1.29, 1.82) is 0 Å². The molecule has 1 aromatic rings. The average Bonchev–Trinajstić information content (AvgIpc) is 2.48. The number of thioether (sulfide) groups is 1. The van der Waals surface area contributed by atoms with Gasteiger partial charge in [-0.25, -0.2) is 8.42 Å². The number of nitrogens with one attached hydrogen (secondary N) is 1. The van der Waals surface area contributed by atoms with Gasteiger partial charge in [-0.05, 0) is 37.6 Å². The van der Waals surface area contributed by atoms with E-state index in [0.717, 1.165) is 24.4 Å². The predicted octanol–water partition coefficient (Wildman–Crippen LogP) is 2.63.